The highest BCUT2D eigenvalue weighted by Gasteiger charge is 2.37. The number of aryl methyl sites for hydroxylation is 1. The van der Waals surface area contributed by atoms with E-state index in [1.54, 1.807) is 0 Å². The Bertz CT molecular complexity index is 1100. The molecule has 5 rings (SSSR count). The third kappa shape index (κ3) is 5.02. The molecule has 2 aromatic heterocycles. The van der Waals surface area contributed by atoms with Gasteiger partial charge in [0.05, 0.1) is 6.61 Å². The minimum absolute atomic E-state index is 0.0945. The lowest BCUT2D eigenvalue weighted by Gasteiger charge is -2.30. The number of aromatic nitrogens is 2. The average molecular weight is 463 g/mol. The Morgan fingerprint density at radius 2 is 2.12 bits per heavy atom. The fourth-order valence-corrected chi connectivity index (χ4v) is 4.79. The number of nitrogens with zero attached hydrogens (tertiary/aromatic N) is 3. The maximum atomic E-state index is 13.4. The Morgan fingerprint density at radius 1 is 1.26 bits per heavy atom. The Morgan fingerprint density at radius 3 is 2.85 bits per heavy atom. The van der Waals surface area contributed by atoms with Gasteiger partial charge in [-0.3, -0.25) is 4.79 Å². The van der Waals surface area contributed by atoms with Gasteiger partial charge >= 0.3 is 0 Å². The highest BCUT2D eigenvalue weighted by molar-refractivity contribution is 5.96. The van der Waals surface area contributed by atoms with Crippen molar-refractivity contribution in [3.05, 3.63) is 54.4 Å². The van der Waals surface area contributed by atoms with Gasteiger partial charge in [0, 0.05) is 63.2 Å². The molecule has 1 unspecified atom stereocenters. The molecular weight excluding hydrogens is 428 g/mol. The largest absolute Gasteiger partial charge is 0.382 e. The zero-order valence-electron chi connectivity index (χ0n) is 19.9. The van der Waals surface area contributed by atoms with Gasteiger partial charge in [0.1, 0.15) is 11.8 Å². The summed E-state index contributed by atoms with van der Waals surface area (Å²) in [6, 6.07) is 12.8. The summed E-state index contributed by atoms with van der Waals surface area (Å²) in [4.78, 5) is 20.3. The normalized spacial score (nSPS) is 18.3. The molecule has 3 heterocycles. The Hall–Kier alpha value is -2.74. The third-order valence-electron chi connectivity index (χ3n) is 6.63. The highest BCUT2D eigenvalue weighted by atomic mass is 16.5. The summed E-state index contributed by atoms with van der Waals surface area (Å²) in [5, 5.41) is 4.42. The predicted octanol–water partition coefficient (Wildman–Crippen LogP) is 3.61. The molecule has 1 aliphatic carbocycles. The number of ether oxygens (including phenoxy) is 2. The van der Waals surface area contributed by atoms with Crippen molar-refractivity contribution in [1.82, 2.24) is 19.8 Å². The lowest BCUT2D eigenvalue weighted by Crippen LogP contribution is -2.49. The first-order valence-electron chi connectivity index (χ1n) is 12.5. The van der Waals surface area contributed by atoms with Crippen LogP contribution in [0.4, 0.5) is 0 Å². The van der Waals surface area contributed by atoms with Crippen molar-refractivity contribution in [3.8, 4) is 11.1 Å². The molecule has 1 saturated carbocycles. The first kappa shape index (κ1) is 23.0. The van der Waals surface area contributed by atoms with Crippen LogP contribution in [-0.4, -0.2) is 65.4 Å². The first-order valence-corrected chi connectivity index (χ1v) is 12.5. The second-order valence-corrected chi connectivity index (χ2v) is 9.08. The van der Waals surface area contributed by atoms with Crippen molar-refractivity contribution in [2.45, 2.75) is 51.4 Å². The van der Waals surface area contributed by atoms with Crippen LogP contribution in [0, 0.1) is 0 Å². The molecule has 0 spiro atoms. The standard InChI is InChI=1S/C27H34N4O3/c1-2-33-15-6-14-30-18-21(19-31(22-9-10-22)27(32)24-17-28-13-16-34-24)25-23(11-12-29-26(25)30)20-7-4-3-5-8-20/h3-5,7-8,11-12,18,22,24,28H,2,6,9-10,13-17,19H2,1H3. The van der Waals surface area contributed by atoms with Gasteiger partial charge in [0.2, 0.25) is 0 Å². The fourth-order valence-electron chi connectivity index (χ4n) is 4.79. The van der Waals surface area contributed by atoms with E-state index in [1.165, 1.54) is 0 Å². The number of rotatable bonds is 10. The van der Waals surface area contributed by atoms with E-state index in [4.69, 9.17) is 14.5 Å². The molecule has 2 aliphatic rings. The monoisotopic (exact) mass is 462 g/mol. The topological polar surface area (TPSA) is 68.6 Å². The number of nitrogens with one attached hydrogen (secondary N) is 1. The second-order valence-electron chi connectivity index (χ2n) is 9.08. The van der Waals surface area contributed by atoms with Crippen LogP contribution in [0.1, 0.15) is 31.7 Å². The van der Waals surface area contributed by atoms with Gasteiger partial charge in [-0.2, -0.15) is 0 Å². The van der Waals surface area contributed by atoms with Crippen LogP contribution in [0.3, 0.4) is 0 Å². The molecule has 1 N–H and O–H groups in total. The van der Waals surface area contributed by atoms with Gasteiger partial charge in [-0.1, -0.05) is 30.3 Å². The van der Waals surface area contributed by atoms with Gasteiger partial charge in [0.25, 0.3) is 5.91 Å². The average Bonchev–Trinajstić information content (AvgIpc) is 3.68. The van der Waals surface area contributed by atoms with Crippen LogP contribution in [0.5, 0.6) is 0 Å². The lowest BCUT2D eigenvalue weighted by atomic mass is 10.0. The molecule has 7 nitrogen and oxygen atoms in total. The number of fused-ring (bicyclic) bond motifs is 1. The Kier molecular flexibility index (Phi) is 7.23. The number of hydrogen-bond acceptors (Lipinski definition) is 5. The van der Waals surface area contributed by atoms with Crippen LogP contribution in [0.25, 0.3) is 22.2 Å². The van der Waals surface area contributed by atoms with Crippen molar-refractivity contribution >= 4 is 16.9 Å². The summed E-state index contributed by atoms with van der Waals surface area (Å²) >= 11 is 0. The van der Waals surface area contributed by atoms with E-state index >= 15 is 0 Å². The summed E-state index contributed by atoms with van der Waals surface area (Å²) in [7, 11) is 0. The Balaban J connectivity index is 1.51. The first-order chi connectivity index (χ1) is 16.8. The van der Waals surface area contributed by atoms with Gasteiger partial charge in [-0.25, -0.2) is 4.98 Å². The number of carbonyl (C=O) groups is 1. The SMILES string of the molecule is CCOCCCn1cc(CN(C(=O)C2CNCCO2)C2CC2)c2c(-c3ccccc3)ccnc21. The molecule has 1 amide bonds. The molecule has 1 saturated heterocycles. The van der Waals surface area contributed by atoms with Crippen molar-refractivity contribution < 1.29 is 14.3 Å². The summed E-state index contributed by atoms with van der Waals surface area (Å²) in [6.45, 7) is 6.83. The maximum Gasteiger partial charge on any atom is 0.253 e. The summed E-state index contributed by atoms with van der Waals surface area (Å²) in [5.41, 5.74) is 4.42. The van der Waals surface area contributed by atoms with Crippen LogP contribution in [0.15, 0.2) is 48.8 Å². The molecule has 1 atom stereocenters. The maximum absolute atomic E-state index is 13.4. The van der Waals surface area contributed by atoms with Gasteiger partial charge in [-0.15, -0.1) is 0 Å². The molecule has 7 heteroatoms. The van der Waals surface area contributed by atoms with E-state index in [1.807, 2.05) is 24.1 Å². The summed E-state index contributed by atoms with van der Waals surface area (Å²) in [5.74, 6) is 0.0945. The van der Waals surface area contributed by atoms with E-state index < -0.39 is 6.10 Å². The lowest BCUT2D eigenvalue weighted by molar-refractivity contribution is -0.146. The zero-order chi connectivity index (χ0) is 23.3. The quantitative estimate of drug-likeness (QED) is 0.466. The van der Waals surface area contributed by atoms with E-state index in [2.05, 4.69) is 46.4 Å². The van der Waals surface area contributed by atoms with E-state index in [9.17, 15) is 4.79 Å². The number of morpholine rings is 1. The fraction of sp³-hybridized carbons (Fsp3) is 0.481. The van der Waals surface area contributed by atoms with E-state index in [0.29, 0.717) is 25.7 Å². The highest BCUT2D eigenvalue weighted by Crippen LogP contribution is 2.35. The molecule has 34 heavy (non-hydrogen) atoms. The number of amides is 1. The van der Waals surface area contributed by atoms with Gasteiger partial charge in [-0.05, 0) is 48.9 Å². The summed E-state index contributed by atoms with van der Waals surface area (Å²) in [6.07, 6.45) is 6.71. The number of carbonyl (C=O) groups excluding carboxylic acids is 1. The second kappa shape index (κ2) is 10.7. The van der Waals surface area contributed by atoms with Crippen LogP contribution < -0.4 is 5.32 Å². The number of hydrogen-bond donors (Lipinski definition) is 1. The minimum Gasteiger partial charge on any atom is -0.382 e. The van der Waals surface area contributed by atoms with Crippen molar-refractivity contribution in [2.75, 3.05) is 32.9 Å². The minimum atomic E-state index is -0.402. The Labute approximate surface area is 201 Å². The molecule has 0 radical (unpaired) electrons. The molecule has 2 fully saturated rings. The zero-order valence-corrected chi connectivity index (χ0v) is 19.9. The van der Waals surface area contributed by atoms with Gasteiger partial charge in [0.15, 0.2) is 0 Å². The summed E-state index contributed by atoms with van der Waals surface area (Å²) < 4.78 is 13.6. The molecule has 0 bridgehead atoms. The van der Waals surface area contributed by atoms with Crippen LogP contribution in [0.2, 0.25) is 0 Å². The molecule has 180 valence electrons. The van der Waals surface area contributed by atoms with E-state index in [-0.39, 0.29) is 5.91 Å². The molecule has 3 aromatic rings. The molecular formula is C27H34N4O3. The predicted molar refractivity (Wildman–Crippen MR) is 132 cm³/mol. The van der Waals surface area contributed by atoms with Crippen LogP contribution >= 0.6 is 0 Å². The van der Waals surface area contributed by atoms with Gasteiger partial charge < -0.3 is 24.3 Å². The number of benzene rings is 1. The molecule has 1 aliphatic heterocycles. The van der Waals surface area contributed by atoms with Crippen molar-refractivity contribution in [1.29, 1.82) is 0 Å². The number of pyridine rings is 1. The van der Waals surface area contributed by atoms with Crippen molar-refractivity contribution in [2.24, 2.45) is 0 Å². The third-order valence-corrected chi connectivity index (χ3v) is 6.63. The van der Waals surface area contributed by atoms with Crippen molar-refractivity contribution in [3.63, 3.8) is 0 Å². The van der Waals surface area contributed by atoms with Crippen LogP contribution in [-0.2, 0) is 27.4 Å². The molecule has 1 aromatic carbocycles. The van der Waals surface area contributed by atoms with E-state index in [0.717, 1.165) is 73.3 Å². The smallest absolute Gasteiger partial charge is 0.253 e.